The molecule has 2 aromatic carbocycles. The average Bonchev–Trinajstić information content (AvgIpc) is 2.70. The highest BCUT2D eigenvalue weighted by Crippen LogP contribution is 2.21. The molecule has 0 aliphatic heterocycles. The number of aliphatic hydroxyl groups excluding tert-OH is 1. The van der Waals surface area contributed by atoms with Crippen molar-refractivity contribution in [3.63, 3.8) is 0 Å². The second-order valence-corrected chi connectivity index (χ2v) is 6.47. The van der Waals surface area contributed by atoms with Crippen LogP contribution in [0.4, 0.5) is 0 Å². The van der Waals surface area contributed by atoms with Gasteiger partial charge in [0.05, 0.1) is 22.8 Å². The number of aliphatic hydroxyl groups is 2. The van der Waals surface area contributed by atoms with Crippen LogP contribution in [-0.4, -0.2) is 44.1 Å². The van der Waals surface area contributed by atoms with Crippen LogP contribution < -0.4 is 0 Å². The van der Waals surface area contributed by atoms with Crippen LogP contribution >= 0.6 is 0 Å². The lowest BCUT2D eigenvalue weighted by Crippen LogP contribution is -2.31. The number of hydrogen-bond donors (Lipinski definition) is 4. The van der Waals surface area contributed by atoms with E-state index in [1.807, 2.05) is 6.92 Å². The minimum absolute atomic E-state index is 0.331. The smallest absolute Gasteiger partial charge is 0.335 e. The Morgan fingerprint density at radius 3 is 1.55 bits per heavy atom. The molecule has 2 unspecified atom stereocenters. The summed E-state index contributed by atoms with van der Waals surface area (Å²) in [5, 5.41) is 35.6. The maximum Gasteiger partial charge on any atom is 0.335 e. The second-order valence-electron chi connectivity index (χ2n) is 6.47. The first-order valence-electron chi connectivity index (χ1n) is 9.23. The summed E-state index contributed by atoms with van der Waals surface area (Å²) in [7, 11) is 0. The van der Waals surface area contributed by atoms with Gasteiger partial charge in [-0.3, -0.25) is 0 Å². The Bertz CT molecular complexity index is 678. The van der Waals surface area contributed by atoms with E-state index < -0.39 is 23.6 Å². The number of carbonyl (C=O) groups is 2. The quantitative estimate of drug-likeness (QED) is 0.515. The van der Waals surface area contributed by atoms with Gasteiger partial charge in [-0.25, -0.2) is 9.59 Å². The maximum absolute atomic E-state index is 10.2. The van der Waals surface area contributed by atoms with Crippen molar-refractivity contribution in [2.75, 3.05) is 0 Å². The minimum Gasteiger partial charge on any atom is -0.478 e. The van der Waals surface area contributed by atoms with E-state index in [4.69, 9.17) is 15.3 Å². The van der Waals surface area contributed by atoms with E-state index >= 15 is 0 Å². The first kappa shape index (κ1) is 26.0. The number of rotatable bonds is 7. The number of aromatic carboxylic acids is 2. The van der Waals surface area contributed by atoms with E-state index in [2.05, 4.69) is 6.58 Å². The molecule has 0 amide bonds. The van der Waals surface area contributed by atoms with E-state index in [1.54, 1.807) is 73.7 Å². The summed E-state index contributed by atoms with van der Waals surface area (Å²) in [6, 6.07) is 16.6. The minimum atomic E-state index is -0.879. The highest BCUT2D eigenvalue weighted by atomic mass is 16.4. The van der Waals surface area contributed by atoms with Crippen LogP contribution in [-0.2, 0) is 0 Å². The van der Waals surface area contributed by atoms with Crippen LogP contribution in [0.15, 0.2) is 73.3 Å². The molecular formula is C23H30O6. The molecule has 6 heteroatoms. The molecule has 0 radical (unpaired) electrons. The molecule has 0 spiro atoms. The predicted molar refractivity (Wildman–Crippen MR) is 113 cm³/mol. The summed E-state index contributed by atoms with van der Waals surface area (Å²) < 4.78 is 0. The maximum atomic E-state index is 10.2. The number of carboxylic acid groups (broad SMARTS) is 2. The van der Waals surface area contributed by atoms with Crippen molar-refractivity contribution in [3.8, 4) is 0 Å². The predicted octanol–water partition coefficient (Wildman–Crippen LogP) is 4.24. The van der Waals surface area contributed by atoms with Crippen molar-refractivity contribution >= 4 is 11.9 Å². The first-order valence-corrected chi connectivity index (χ1v) is 9.23. The van der Waals surface area contributed by atoms with Gasteiger partial charge in [0, 0.05) is 6.42 Å². The van der Waals surface area contributed by atoms with Crippen LogP contribution in [0.2, 0.25) is 0 Å². The van der Waals surface area contributed by atoms with Gasteiger partial charge in [0.25, 0.3) is 0 Å². The molecule has 0 fully saturated rings. The molecule has 0 aliphatic carbocycles. The molecule has 2 rings (SSSR count). The molecule has 2 atom stereocenters. The van der Waals surface area contributed by atoms with Gasteiger partial charge in [-0.15, -0.1) is 6.58 Å². The first-order chi connectivity index (χ1) is 13.6. The van der Waals surface area contributed by atoms with Crippen molar-refractivity contribution in [2.45, 2.75) is 44.8 Å². The highest BCUT2D eigenvalue weighted by molar-refractivity contribution is 5.87. The molecule has 0 aliphatic rings. The molecular weight excluding hydrogens is 372 g/mol. The van der Waals surface area contributed by atoms with Crippen LogP contribution in [0.5, 0.6) is 0 Å². The number of carboxylic acids is 2. The van der Waals surface area contributed by atoms with E-state index in [1.165, 1.54) is 0 Å². The van der Waals surface area contributed by atoms with Gasteiger partial charge in [0.2, 0.25) is 0 Å². The third-order valence-corrected chi connectivity index (χ3v) is 3.90. The molecule has 2 aromatic rings. The van der Waals surface area contributed by atoms with Crippen LogP contribution in [0.1, 0.15) is 53.8 Å². The molecule has 0 bridgehead atoms. The number of hydrogen-bond acceptors (Lipinski definition) is 4. The van der Waals surface area contributed by atoms with Crippen molar-refractivity contribution < 1.29 is 30.0 Å². The Labute approximate surface area is 171 Å². The summed E-state index contributed by atoms with van der Waals surface area (Å²) in [6.45, 7) is 7.15. The Morgan fingerprint density at radius 1 is 0.966 bits per heavy atom. The van der Waals surface area contributed by atoms with Gasteiger partial charge in [0.15, 0.2) is 0 Å². The fourth-order valence-electron chi connectivity index (χ4n) is 2.35. The van der Waals surface area contributed by atoms with Crippen molar-refractivity contribution in [1.29, 1.82) is 0 Å². The van der Waals surface area contributed by atoms with Gasteiger partial charge in [-0.2, -0.15) is 0 Å². The zero-order chi connectivity index (χ0) is 22.3. The molecule has 29 heavy (non-hydrogen) atoms. The molecule has 158 valence electrons. The lowest BCUT2D eigenvalue weighted by molar-refractivity contribution is -0.00656. The Morgan fingerprint density at radius 2 is 1.34 bits per heavy atom. The third kappa shape index (κ3) is 12.2. The van der Waals surface area contributed by atoms with Crippen LogP contribution in [0.3, 0.4) is 0 Å². The van der Waals surface area contributed by atoms with Gasteiger partial charge in [-0.05, 0) is 44.0 Å². The highest BCUT2D eigenvalue weighted by Gasteiger charge is 2.24. The van der Waals surface area contributed by atoms with Gasteiger partial charge >= 0.3 is 11.9 Å². The Kier molecular flexibility index (Phi) is 12.7. The Balaban J connectivity index is 0.000000408. The SMILES string of the molecule is C=CCC(O)(CC)CC(C)O.O=C(O)c1ccccc1.O=C(O)c1ccccc1. The zero-order valence-corrected chi connectivity index (χ0v) is 16.9. The summed E-state index contributed by atoms with van der Waals surface area (Å²) >= 11 is 0. The fourth-order valence-corrected chi connectivity index (χ4v) is 2.35. The van der Waals surface area contributed by atoms with Gasteiger partial charge in [0.1, 0.15) is 0 Å². The third-order valence-electron chi connectivity index (χ3n) is 3.90. The van der Waals surface area contributed by atoms with Crippen molar-refractivity contribution in [3.05, 3.63) is 84.4 Å². The molecule has 0 saturated heterocycles. The van der Waals surface area contributed by atoms with Crippen molar-refractivity contribution in [1.82, 2.24) is 0 Å². The van der Waals surface area contributed by atoms with Crippen LogP contribution in [0, 0.1) is 0 Å². The number of benzene rings is 2. The van der Waals surface area contributed by atoms with E-state index in [0.29, 0.717) is 30.4 Å². The Hall–Kier alpha value is -2.96. The van der Waals surface area contributed by atoms with E-state index in [0.717, 1.165) is 0 Å². The van der Waals surface area contributed by atoms with E-state index in [-0.39, 0.29) is 0 Å². The van der Waals surface area contributed by atoms with Gasteiger partial charge < -0.3 is 20.4 Å². The summed E-state index contributed by atoms with van der Waals surface area (Å²) in [6.07, 6.45) is 2.87. The van der Waals surface area contributed by atoms with Crippen LogP contribution in [0.25, 0.3) is 0 Å². The lowest BCUT2D eigenvalue weighted by atomic mass is 9.90. The second kappa shape index (κ2) is 14.1. The molecule has 4 N–H and O–H groups in total. The zero-order valence-electron chi connectivity index (χ0n) is 16.9. The fraction of sp³-hybridized carbons (Fsp3) is 0.304. The standard InChI is InChI=1S/C9H18O2.2C7H6O2/c1-4-6-9(11,5-2)7-8(3)10;2*8-7(9)6-4-2-1-3-5-6/h4,8,10-11H,1,5-7H2,2-3H3;2*1-5H,(H,8,9). The van der Waals surface area contributed by atoms with E-state index in [9.17, 15) is 14.7 Å². The summed E-state index contributed by atoms with van der Waals surface area (Å²) in [5.74, 6) is -1.76. The molecule has 0 heterocycles. The summed E-state index contributed by atoms with van der Waals surface area (Å²) in [4.78, 5) is 20.4. The topological polar surface area (TPSA) is 115 Å². The van der Waals surface area contributed by atoms with Gasteiger partial charge in [-0.1, -0.05) is 49.4 Å². The monoisotopic (exact) mass is 402 g/mol. The lowest BCUT2D eigenvalue weighted by Gasteiger charge is -2.26. The molecule has 0 saturated carbocycles. The summed E-state index contributed by atoms with van der Waals surface area (Å²) in [5.41, 5.74) is -0.0920. The molecule has 0 aromatic heterocycles. The molecule has 6 nitrogen and oxygen atoms in total. The average molecular weight is 402 g/mol. The normalized spacial score (nSPS) is 12.7. The largest absolute Gasteiger partial charge is 0.478 e. The van der Waals surface area contributed by atoms with Crippen molar-refractivity contribution in [2.24, 2.45) is 0 Å².